The quantitative estimate of drug-likeness (QED) is 0.900. The number of carbonyl (C=O) groups is 1. The van der Waals surface area contributed by atoms with Crippen LogP contribution >= 0.6 is 0 Å². The molecule has 0 aliphatic carbocycles. The molecule has 2 rings (SSSR count). The molecule has 1 fully saturated rings. The van der Waals surface area contributed by atoms with Gasteiger partial charge in [0, 0.05) is 26.2 Å². The first kappa shape index (κ1) is 16.7. The van der Waals surface area contributed by atoms with Crippen LogP contribution in [-0.4, -0.2) is 57.5 Å². The van der Waals surface area contributed by atoms with Crippen molar-refractivity contribution in [2.75, 3.05) is 20.2 Å². The van der Waals surface area contributed by atoms with Gasteiger partial charge in [0.05, 0.1) is 11.6 Å². The number of ether oxygens (including phenoxy) is 1. The van der Waals surface area contributed by atoms with Crippen LogP contribution in [-0.2, 0) is 4.74 Å². The number of hydrogen-bond acceptors (Lipinski definition) is 4. The van der Waals surface area contributed by atoms with Crippen molar-refractivity contribution >= 4 is 6.03 Å². The Hall–Kier alpha value is -1.63. The summed E-state index contributed by atoms with van der Waals surface area (Å²) in [5, 5.41) is 7.24. The molecule has 1 saturated heterocycles. The van der Waals surface area contributed by atoms with Crippen LogP contribution in [0, 0.1) is 0 Å². The van der Waals surface area contributed by atoms with E-state index in [4.69, 9.17) is 4.74 Å². The maximum Gasteiger partial charge on any atom is 0.317 e. The highest BCUT2D eigenvalue weighted by Crippen LogP contribution is 2.21. The number of nitrogens with one attached hydrogen (secondary N) is 1. The van der Waals surface area contributed by atoms with E-state index in [9.17, 15) is 4.79 Å². The molecule has 1 aliphatic heterocycles. The molecule has 0 bridgehead atoms. The topological polar surface area (TPSA) is 72.3 Å². The van der Waals surface area contributed by atoms with Crippen LogP contribution in [0.2, 0.25) is 0 Å². The maximum absolute atomic E-state index is 12.3. The molecule has 0 saturated carbocycles. The zero-order chi connectivity index (χ0) is 16.2. The van der Waals surface area contributed by atoms with Gasteiger partial charge in [0.25, 0.3) is 0 Å². The van der Waals surface area contributed by atoms with Crippen molar-refractivity contribution in [3.8, 4) is 0 Å². The summed E-state index contributed by atoms with van der Waals surface area (Å²) in [6.07, 6.45) is 5.90. The Morgan fingerprint density at radius 2 is 2.14 bits per heavy atom. The first-order valence-electron chi connectivity index (χ1n) is 7.86. The molecule has 1 aromatic heterocycles. The highest BCUT2D eigenvalue weighted by atomic mass is 16.5. The second-order valence-corrected chi connectivity index (χ2v) is 6.61. The van der Waals surface area contributed by atoms with Crippen molar-refractivity contribution in [3.05, 3.63) is 12.7 Å². The summed E-state index contributed by atoms with van der Waals surface area (Å²) in [5.74, 6) is 0. The summed E-state index contributed by atoms with van der Waals surface area (Å²) >= 11 is 0. The van der Waals surface area contributed by atoms with Gasteiger partial charge < -0.3 is 15.0 Å². The van der Waals surface area contributed by atoms with Crippen molar-refractivity contribution in [3.63, 3.8) is 0 Å². The zero-order valence-electron chi connectivity index (χ0n) is 14.0. The number of methoxy groups -OCH3 is 1. The number of amides is 2. The van der Waals surface area contributed by atoms with Crippen LogP contribution in [0.1, 0.15) is 46.1 Å². The predicted molar refractivity (Wildman–Crippen MR) is 83.6 cm³/mol. The van der Waals surface area contributed by atoms with Gasteiger partial charge in [-0.3, -0.25) is 0 Å². The molecule has 124 valence electrons. The Morgan fingerprint density at radius 3 is 2.68 bits per heavy atom. The molecule has 22 heavy (non-hydrogen) atoms. The summed E-state index contributed by atoms with van der Waals surface area (Å²) in [6.45, 7) is 7.56. The van der Waals surface area contributed by atoms with Gasteiger partial charge in [0.15, 0.2) is 0 Å². The van der Waals surface area contributed by atoms with Gasteiger partial charge in [0.2, 0.25) is 0 Å². The molecule has 1 unspecified atom stereocenters. The number of carbonyl (C=O) groups excluding carboxylic acids is 1. The van der Waals surface area contributed by atoms with E-state index in [1.165, 1.54) is 0 Å². The highest BCUT2D eigenvalue weighted by Gasteiger charge is 2.26. The molecule has 7 heteroatoms. The van der Waals surface area contributed by atoms with Crippen LogP contribution in [0.15, 0.2) is 12.7 Å². The highest BCUT2D eigenvalue weighted by molar-refractivity contribution is 5.74. The molecule has 7 nitrogen and oxygen atoms in total. The van der Waals surface area contributed by atoms with Crippen molar-refractivity contribution in [1.82, 2.24) is 25.0 Å². The Labute approximate surface area is 132 Å². The van der Waals surface area contributed by atoms with Crippen molar-refractivity contribution in [1.29, 1.82) is 0 Å². The van der Waals surface area contributed by atoms with E-state index in [0.717, 1.165) is 32.4 Å². The van der Waals surface area contributed by atoms with E-state index in [1.54, 1.807) is 19.8 Å². The summed E-state index contributed by atoms with van der Waals surface area (Å²) in [7, 11) is 1.70. The van der Waals surface area contributed by atoms with E-state index in [2.05, 4.69) is 15.4 Å². The van der Waals surface area contributed by atoms with Gasteiger partial charge in [-0.1, -0.05) is 0 Å². The second-order valence-electron chi connectivity index (χ2n) is 6.61. The number of likely N-dealkylation sites (tertiary alicyclic amines) is 1. The fraction of sp³-hybridized carbons (Fsp3) is 0.800. The monoisotopic (exact) mass is 309 g/mol. The lowest BCUT2D eigenvalue weighted by molar-refractivity contribution is 0.00904. The van der Waals surface area contributed by atoms with Gasteiger partial charge >= 0.3 is 6.03 Å². The number of rotatable bonds is 5. The zero-order valence-corrected chi connectivity index (χ0v) is 14.0. The molecular weight excluding hydrogens is 282 g/mol. The van der Waals surface area contributed by atoms with E-state index < -0.39 is 0 Å². The summed E-state index contributed by atoms with van der Waals surface area (Å²) < 4.78 is 7.30. The lowest BCUT2D eigenvalue weighted by Gasteiger charge is -2.33. The SMILES string of the molecule is COC(C)(C)CC(C)NC(=O)N1CCC(n2cncn2)CC1. The van der Waals surface area contributed by atoms with E-state index in [-0.39, 0.29) is 17.7 Å². The molecular formula is C15H27N5O2. The van der Waals surface area contributed by atoms with Gasteiger partial charge in [-0.25, -0.2) is 14.5 Å². The number of nitrogens with zero attached hydrogens (tertiary/aromatic N) is 4. The fourth-order valence-corrected chi connectivity index (χ4v) is 2.91. The minimum Gasteiger partial charge on any atom is -0.379 e. The van der Waals surface area contributed by atoms with Gasteiger partial charge in [-0.15, -0.1) is 0 Å². The lowest BCUT2D eigenvalue weighted by Crippen LogP contribution is -2.48. The molecule has 0 aromatic carbocycles. The standard InChI is InChI=1S/C15H27N5O2/c1-12(9-15(2,3)22-4)18-14(21)19-7-5-13(6-8-19)20-11-16-10-17-20/h10-13H,5-9H2,1-4H3,(H,18,21). The summed E-state index contributed by atoms with van der Waals surface area (Å²) in [6, 6.07) is 0.434. The van der Waals surface area contributed by atoms with E-state index in [1.807, 2.05) is 30.4 Å². The van der Waals surface area contributed by atoms with Gasteiger partial charge in [-0.2, -0.15) is 5.10 Å². The minimum atomic E-state index is -0.229. The van der Waals surface area contributed by atoms with E-state index in [0.29, 0.717) is 6.04 Å². The first-order chi connectivity index (χ1) is 10.4. The normalized spacial score (nSPS) is 18.3. The molecule has 0 radical (unpaired) electrons. The van der Waals surface area contributed by atoms with E-state index >= 15 is 0 Å². The molecule has 2 heterocycles. The van der Waals surface area contributed by atoms with Gasteiger partial charge in [0.1, 0.15) is 12.7 Å². The van der Waals surface area contributed by atoms with Crippen molar-refractivity contribution in [2.45, 2.75) is 57.7 Å². The van der Waals surface area contributed by atoms with Crippen molar-refractivity contribution < 1.29 is 9.53 Å². The third-order valence-corrected chi connectivity index (χ3v) is 4.28. The second kappa shape index (κ2) is 7.09. The maximum atomic E-state index is 12.3. The fourth-order valence-electron chi connectivity index (χ4n) is 2.91. The van der Waals surface area contributed by atoms with Crippen LogP contribution in [0.25, 0.3) is 0 Å². The van der Waals surface area contributed by atoms with Crippen LogP contribution in [0.5, 0.6) is 0 Å². The number of hydrogen-bond donors (Lipinski definition) is 1. The third kappa shape index (κ3) is 4.43. The Morgan fingerprint density at radius 1 is 1.45 bits per heavy atom. The van der Waals surface area contributed by atoms with Crippen LogP contribution in [0.4, 0.5) is 4.79 Å². The first-order valence-corrected chi connectivity index (χ1v) is 7.86. The Balaban J connectivity index is 1.77. The molecule has 1 aliphatic rings. The molecule has 0 spiro atoms. The van der Waals surface area contributed by atoms with Crippen molar-refractivity contribution in [2.24, 2.45) is 0 Å². The smallest absolute Gasteiger partial charge is 0.317 e. The molecule has 1 atom stereocenters. The summed E-state index contributed by atoms with van der Waals surface area (Å²) in [4.78, 5) is 18.2. The summed E-state index contributed by atoms with van der Waals surface area (Å²) in [5.41, 5.74) is -0.229. The number of piperidine rings is 1. The third-order valence-electron chi connectivity index (χ3n) is 4.28. The van der Waals surface area contributed by atoms with Crippen LogP contribution in [0.3, 0.4) is 0 Å². The predicted octanol–water partition coefficient (Wildman–Crippen LogP) is 1.83. The molecule has 2 amide bonds. The largest absolute Gasteiger partial charge is 0.379 e. The molecule has 1 aromatic rings. The van der Waals surface area contributed by atoms with Gasteiger partial charge in [-0.05, 0) is 40.0 Å². The minimum absolute atomic E-state index is 0.0106. The van der Waals surface area contributed by atoms with Crippen LogP contribution < -0.4 is 5.32 Å². The number of aromatic nitrogens is 3. The average Bonchev–Trinajstić information content (AvgIpc) is 3.01. The number of urea groups is 1. The Kier molecular flexibility index (Phi) is 5.39. The Bertz CT molecular complexity index is 466. The average molecular weight is 309 g/mol. The lowest BCUT2D eigenvalue weighted by atomic mass is 10.00. The molecule has 1 N–H and O–H groups in total.